The van der Waals surface area contributed by atoms with Gasteiger partial charge in [-0.1, -0.05) is 11.6 Å². The monoisotopic (exact) mass is 148 g/mol. The third-order valence-corrected chi connectivity index (χ3v) is 1.51. The molecule has 0 amide bonds. The zero-order valence-corrected chi connectivity index (χ0v) is 6.83. The second kappa shape index (κ2) is 3.19. The number of aryl methyl sites for hydroxylation is 1. The van der Waals surface area contributed by atoms with Crippen LogP contribution in [0.25, 0.3) is 0 Å². The van der Waals surface area contributed by atoms with Crippen LogP contribution in [0.2, 0.25) is 0 Å². The van der Waals surface area contributed by atoms with Gasteiger partial charge in [0.2, 0.25) is 0 Å². The van der Waals surface area contributed by atoms with Crippen molar-refractivity contribution >= 4 is 11.9 Å². The van der Waals surface area contributed by atoms with Crippen molar-refractivity contribution in [1.82, 2.24) is 0 Å². The van der Waals surface area contributed by atoms with E-state index in [4.69, 9.17) is 5.73 Å². The second-order valence-electron chi connectivity index (χ2n) is 2.52. The van der Waals surface area contributed by atoms with Crippen LogP contribution in [0.15, 0.2) is 23.2 Å². The van der Waals surface area contributed by atoms with E-state index in [1.54, 1.807) is 13.3 Å². The molecule has 1 aromatic carbocycles. The highest BCUT2D eigenvalue weighted by atomic mass is 14.6. The number of anilines is 1. The third-order valence-electron chi connectivity index (χ3n) is 1.51. The number of benzene rings is 1. The molecule has 11 heavy (non-hydrogen) atoms. The molecule has 0 aliphatic carbocycles. The van der Waals surface area contributed by atoms with E-state index in [1.807, 2.05) is 25.1 Å². The summed E-state index contributed by atoms with van der Waals surface area (Å²) in [7, 11) is 1.74. The molecule has 2 N–H and O–H groups in total. The molecule has 58 valence electrons. The molecule has 0 fully saturated rings. The van der Waals surface area contributed by atoms with Crippen molar-refractivity contribution in [3.63, 3.8) is 0 Å². The van der Waals surface area contributed by atoms with Gasteiger partial charge in [0.05, 0.1) is 0 Å². The fourth-order valence-electron chi connectivity index (χ4n) is 0.945. The Balaban J connectivity index is 3.12. The fourth-order valence-corrected chi connectivity index (χ4v) is 0.945. The van der Waals surface area contributed by atoms with E-state index in [2.05, 4.69) is 4.99 Å². The molecule has 0 aromatic heterocycles. The predicted molar refractivity (Wildman–Crippen MR) is 49.1 cm³/mol. The maximum Gasteiger partial charge on any atom is 0.0403 e. The van der Waals surface area contributed by atoms with Gasteiger partial charge in [-0.3, -0.25) is 4.99 Å². The summed E-state index contributed by atoms with van der Waals surface area (Å²) < 4.78 is 0. The first-order chi connectivity index (χ1) is 5.24. The third kappa shape index (κ3) is 1.80. The number of nitrogens with zero attached hydrogens (tertiary/aromatic N) is 1. The van der Waals surface area contributed by atoms with E-state index in [0.29, 0.717) is 0 Å². The minimum atomic E-state index is 0.779. The lowest BCUT2D eigenvalue weighted by atomic mass is 10.1. The van der Waals surface area contributed by atoms with Gasteiger partial charge in [-0.05, 0) is 19.1 Å². The molecule has 0 saturated heterocycles. The van der Waals surface area contributed by atoms with Crippen molar-refractivity contribution in [2.24, 2.45) is 4.99 Å². The number of rotatable bonds is 1. The average molecular weight is 148 g/mol. The van der Waals surface area contributed by atoms with Gasteiger partial charge in [0, 0.05) is 24.5 Å². The predicted octanol–water partition coefficient (Wildman–Crippen LogP) is 1.63. The van der Waals surface area contributed by atoms with Crippen LogP contribution in [-0.2, 0) is 0 Å². The van der Waals surface area contributed by atoms with E-state index in [-0.39, 0.29) is 0 Å². The van der Waals surface area contributed by atoms with Gasteiger partial charge in [-0.25, -0.2) is 0 Å². The van der Waals surface area contributed by atoms with Crippen molar-refractivity contribution in [2.75, 3.05) is 12.8 Å². The van der Waals surface area contributed by atoms with E-state index in [1.165, 1.54) is 5.56 Å². The Morgan fingerprint density at radius 2 is 2.18 bits per heavy atom. The summed E-state index contributed by atoms with van der Waals surface area (Å²) in [5.41, 5.74) is 8.66. The number of hydrogen-bond acceptors (Lipinski definition) is 2. The van der Waals surface area contributed by atoms with Crippen LogP contribution in [-0.4, -0.2) is 13.3 Å². The molecule has 0 unspecified atom stereocenters. The normalized spacial score (nSPS) is 10.7. The Bertz CT molecular complexity index is 277. The van der Waals surface area contributed by atoms with Gasteiger partial charge in [0.1, 0.15) is 0 Å². The van der Waals surface area contributed by atoms with Crippen LogP contribution >= 0.6 is 0 Å². The second-order valence-corrected chi connectivity index (χ2v) is 2.52. The number of hydrogen-bond donors (Lipinski definition) is 1. The van der Waals surface area contributed by atoms with Crippen LogP contribution < -0.4 is 5.73 Å². The van der Waals surface area contributed by atoms with Crippen molar-refractivity contribution in [3.05, 3.63) is 29.3 Å². The van der Waals surface area contributed by atoms with Gasteiger partial charge < -0.3 is 5.73 Å². The minimum absolute atomic E-state index is 0.779. The van der Waals surface area contributed by atoms with Crippen LogP contribution in [0, 0.1) is 6.92 Å². The Morgan fingerprint density at radius 3 is 2.82 bits per heavy atom. The SMILES string of the molecule is C/N=C\c1cc(C)ccc1N. The summed E-state index contributed by atoms with van der Waals surface area (Å²) in [4.78, 5) is 3.90. The number of nitrogens with two attached hydrogens (primary N) is 1. The Kier molecular flexibility index (Phi) is 2.26. The highest BCUT2D eigenvalue weighted by Gasteiger charge is 1.93. The van der Waals surface area contributed by atoms with Crippen molar-refractivity contribution in [3.8, 4) is 0 Å². The largest absolute Gasteiger partial charge is 0.398 e. The van der Waals surface area contributed by atoms with Crippen LogP contribution in [0.1, 0.15) is 11.1 Å². The molecule has 0 atom stereocenters. The lowest BCUT2D eigenvalue weighted by molar-refractivity contribution is 1.43. The molecule has 0 aliphatic rings. The quantitative estimate of drug-likeness (QED) is 0.477. The Hall–Kier alpha value is -1.31. The molecule has 1 rings (SSSR count). The van der Waals surface area contributed by atoms with Gasteiger partial charge in [-0.2, -0.15) is 0 Å². The molecule has 1 aromatic rings. The summed E-state index contributed by atoms with van der Waals surface area (Å²) in [5.74, 6) is 0. The minimum Gasteiger partial charge on any atom is -0.398 e. The molecular formula is C9H12N2. The number of nitrogen functional groups attached to an aromatic ring is 1. The number of aliphatic imine (C=N–C) groups is 1. The maximum atomic E-state index is 5.68. The molecule has 0 radical (unpaired) electrons. The summed E-state index contributed by atoms with van der Waals surface area (Å²) in [6.07, 6.45) is 1.77. The average Bonchev–Trinajstić information content (AvgIpc) is 1.98. The van der Waals surface area contributed by atoms with E-state index < -0.39 is 0 Å². The van der Waals surface area contributed by atoms with Gasteiger partial charge in [0.15, 0.2) is 0 Å². The van der Waals surface area contributed by atoms with Crippen LogP contribution in [0.5, 0.6) is 0 Å². The molecule has 0 bridgehead atoms. The van der Waals surface area contributed by atoms with Crippen molar-refractivity contribution in [2.45, 2.75) is 6.92 Å². The van der Waals surface area contributed by atoms with E-state index in [0.717, 1.165) is 11.3 Å². The van der Waals surface area contributed by atoms with E-state index in [9.17, 15) is 0 Å². The molecule has 0 spiro atoms. The van der Waals surface area contributed by atoms with Gasteiger partial charge in [0.25, 0.3) is 0 Å². The Morgan fingerprint density at radius 1 is 1.45 bits per heavy atom. The first kappa shape index (κ1) is 7.79. The lowest BCUT2D eigenvalue weighted by Crippen LogP contribution is -1.93. The molecular weight excluding hydrogens is 136 g/mol. The molecule has 0 saturated carbocycles. The topological polar surface area (TPSA) is 38.4 Å². The van der Waals surface area contributed by atoms with Gasteiger partial charge in [-0.15, -0.1) is 0 Å². The summed E-state index contributed by atoms with van der Waals surface area (Å²) >= 11 is 0. The highest BCUT2D eigenvalue weighted by Crippen LogP contribution is 2.10. The maximum absolute atomic E-state index is 5.68. The molecule has 2 heteroatoms. The summed E-state index contributed by atoms with van der Waals surface area (Å²) in [5, 5.41) is 0. The Labute approximate surface area is 66.8 Å². The van der Waals surface area contributed by atoms with E-state index >= 15 is 0 Å². The summed E-state index contributed by atoms with van der Waals surface area (Å²) in [6.45, 7) is 2.03. The smallest absolute Gasteiger partial charge is 0.0403 e. The zero-order valence-electron chi connectivity index (χ0n) is 6.83. The van der Waals surface area contributed by atoms with Crippen LogP contribution in [0.3, 0.4) is 0 Å². The van der Waals surface area contributed by atoms with Gasteiger partial charge >= 0.3 is 0 Å². The first-order valence-corrected chi connectivity index (χ1v) is 3.52. The lowest BCUT2D eigenvalue weighted by Gasteiger charge is -1.99. The molecule has 2 nitrogen and oxygen atoms in total. The molecule has 0 heterocycles. The summed E-state index contributed by atoms with van der Waals surface area (Å²) in [6, 6.07) is 5.90. The van der Waals surface area contributed by atoms with Crippen LogP contribution in [0.4, 0.5) is 5.69 Å². The van der Waals surface area contributed by atoms with Crippen molar-refractivity contribution in [1.29, 1.82) is 0 Å². The molecule has 0 aliphatic heterocycles. The fraction of sp³-hybridized carbons (Fsp3) is 0.222. The standard InChI is InChI=1S/C9H12N2/c1-7-3-4-9(10)8(5-7)6-11-2/h3-6H,10H2,1-2H3/b11-6-. The first-order valence-electron chi connectivity index (χ1n) is 3.52. The van der Waals surface area contributed by atoms with Crippen molar-refractivity contribution < 1.29 is 0 Å². The highest BCUT2D eigenvalue weighted by molar-refractivity contribution is 5.86. The zero-order chi connectivity index (χ0) is 8.27.